The summed E-state index contributed by atoms with van der Waals surface area (Å²) in [6, 6.07) is 11.6. The molecule has 4 N–H and O–H groups in total. The second-order valence-corrected chi connectivity index (χ2v) is 6.21. The number of aliphatic hydroxyl groups is 1. The number of amides is 2. The number of aliphatic hydroxyl groups excluding tert-OH is 1. The predicted molar refractivity (Wildman–Crippen MR) is 101 cm³/mol. The number of aromatic hydroxyl groups is 1. The highest BCUT2D eigenvalue weighted by atomic mass is 19.1. The molecule has 0 saturated carbocycles. The Morgan fingerprint density at radius 2 is 1.86 bits per heavy atom. The Morgan fingerprint density at radius 3 is 2.57 bits per heavy atom. The summed E-state index contributed by atoms with van der Waals surface area (Å²) in [5, 5.41) is 24.1. The molecule has 1 aromatic heterocycles. The third kappa shape index (κ3) is 4.60. The average Bonchev–Trinajstić information content (AvgIpc) is 2.69. The molecule has 0 radical (unpaired) electrons. The van der Waals surface area contributed by atoms with Crippen LogP contribution >= 0.6 is 0 Å². The number of nitrogens with zero attached hydrogens (tertiary/aromatic N) is 1. The number of benzene rings is 2. The number of phenolic OH excluding ortho intramolecular Hbond substituents is 1. The summed E-state index contributed by atoms with van der Waals surface area (Å²) >= 11 is 0. The van der Waals surface area contributed by atoms with Gasteiger partial charge in [0, 0.05) is 5.39 Å². The Balaban J connectivity index is 1.63. The lowest BCUT2D eigenvalue weighted by molar-refractivity contribution is -0.136. The molecule has 0 unspecified atom stereocenters. The van der Waals surface area contributed by atoms with Crippen molar-refractivity contribution in [2.45, 2.75) is 12.5 Å². The minimum atomic E-state index is -0.929. The van der Waals surface area contributed by atoms with E-state index in [2.05, 4.69) is 15.6 Å². The molecule has 1 heterocycles. The molecule has 28 heavy (non-hydrogen) atoms. The summed E-state index contributed by atoms with van der Waals surface area (Å²) in [6.07, 6.45) is 1.54. The number of pyridine rings is 1. The second-order valence-electron chi connectivity index (χ2n) is 6.21. The van der Waals surface area contributed by atoms with Crippen LogP contribution in [0.15, 0.2) is 54.7 Å². The number of phenols is 1. The number of para-hydroxylation sites is 1. The molecule has 144 valence electrons. The maximum atomic E-state index is 13.6. The molecule has 0 fully saturated rings. The van der Waals surface area contributed by atoms with Crippen LogP contribution in [0.5, 0.6) is 5.75 Å². The van der Waals surface area contributed by atoms with E-state index in [1.165, 1.54) is 36.5 Å². The molecule has 2 amide bonds. The van der Waals surface area contributed by atoms with E-state index >= 15 is 0 Å². The first-order valence-corrected chi connectivity index (χ1v) is 8.51. The lowest BCUT2D eigenvalue weighted by Crippen LogP contribution is -2.44. The van der Waals surface area contributed by atoms with Crippen molar-refractivity contribution in [1.29, 1.82) is 0 Å². The molecular formula is C20H18FN3O4. The summed E-state index contributed by atoms with van der Waals surface area (Å²) in [5.74, 6) is -2.22. The van der Waals surface area contributed by atoms with Gasteiger partial charge < -0.3 is 20.8 Å². The molecule has 0 aliphatic heterocycles. The molecule has 3 aromatic rings. The number of nitrogens with one attached hydrogen (secondary N) is 2. The van der Waals surface area contributed by atoms with Gasteiger partial charge in [-0.15, -0.1) is 0 Å². The molecule has 0 bridgehead atoms. The first kappa shape index (κ1) is 19.2. The van der Waals surface area contributed by atoms with Crippen LogP contribution in [-0.2, 0) is 16.0 Å². The number of fused-ring (bicyclic) bond motifs is 1. The van der Waals surface area contributed by atoms with Crippen molar-refractivity contribution < 1.29 is 24.2 Å². The fourth-order valence-electron chi connectivity index (χ4n) is 2.71. The highest BCUT2D eigenvalue weighted by Gasteiger charge is 2.19. The van der Waals surface area contributed by atoms with Gasteiger partial charge in [-0.2, -0.15) is 0 Å². The van der Waals surface area contributed by atoms with Gasteiger partial charge in [0.25, 0.3) is 0 Å². The predicted octanol–water partition coefficient (Wildman–Crippen LogP) is 1.74. The van der Waals surface area contributed by atoms with Crippen LogP contribution in [0.4, 0.5) is 10.1 Å². The normalized spacial score (nSPS) is 11.8. The number of anilines is 1. The van der Waals surface area contributed by atoms with Crippen LogP contribution in [0.25, 0.3) is 10.9 Å². The number of halogens is 1. The maximum Gasteiger partial charge on any atom is 0.313 e. The molecule has 1 atom stereocenters. The molecule has 0 aliphatic rings. The maximum absolute atomic E-state index is 13.6. The molecular weight excluding hydrogens is 365 g/mol. The third-order valence-corrected chi connectivity index (χ3v) is 4.10. The van der Waals surface area contributed by atoms with Gasteiger partial charge in [-0.25, -0.2) is 4.39 Å². The van der Waals surface area contributed by atoms with Crippen molar-refractivity contribution in [2.24, 2.45) is 0 Å². The SMILES string of the molecule is O=C(Nc1cnc2c(F)cccc2c1)C(=O)N[C@@H](CO)Cc1ccc(O)cc1. The summed E-state index contributed by atoms with van der Waals surface area (Å²) < 4.78 is 13.6. The van der Waals surface area contributed by atoms with E-state index in [0.29, 0.717) is 5.39 Å². The number of hydrogen-bond donors (Lipinski definition) is 4. The van der Waals surface area contributed by atoms with Crippen LogP contribution in [0.1, 0.15) is 5.56 Å². The van der Waals surface area contributed by atoms with Crippen LogP contribution in [0, 0.1) is 5.82 Å². The van der Waals surface area contributed by atoms with Gasteiger partial charge in [-0.1, -0.05) is 24.3 Å². The minimum absolute atomic E-state index is 0.108. The van der Waals surface area contributed by atoms with Gasteiger partial charge in [-0.05, 0) is 36.2 Å². The lowest BCUT2D eigenvalue weighted by Gasteiger charge is -2.16. The average molecular weight is 383 g/mol. The highest BCUT2D eigenvalue weighted by Crippen LogP contribution is 2.19. The standard InChI is InChI=1S/C20H18FN3O4/c21-17-3-1-2-13-9-14(10-22-18(13)17)23-19(27)20(28)24-15(11-25)8-12-4-6-16(26)7-5-12/h1-7,9-10,15,25-26H,8,11H2,(H,23,27)(H,24,28)/t15-/m1/s1. The summed E-state index contributed by atoms with van der Waals surface area (Å²) in [7, 11) is 0. The highest BCUT2D eigenvalue weighted by molar-refractivity contribution is 6.39. The number of rotatable bonds is 5. The first-order valence-electron chi connectivity index (χ1n) is 8.51. The Kier molecular flexibility index (Phi) is 5.81. The Bertz CT molecular complexity index is 1010. The summed E-state index contributed by atoms with van der Waals surface area (Å²) in [6.45, 7) is -0.364. The zero-order valence-electron chi connectivity index (χ0n) is 14.7. The Labute approximate surface area is 159 Å². The van der Waals surface area contributed by atoms with Crippen LogP contribution in [0.2, 0.25) is 0 Å². The number of carbonyl (C=O) groups is 2. The van der Waals surface area contributed by atoms with Gasteiger partial charge in [0.2, 0.25) is 0 Å². The minimum Gasteiger partial charge on any atom is -0.508 e. The van der Waals surface area contributed by atoms with E-state index in [4.69, 9.17) is 0 Å². The Hall–Kier alpha value is -3.52. The fourth-order valence-corrected chi connectivity index (χ4v) is 2.71. The van der Waals surface area contributed by atoms with E-state index in [1.54, 1.807) is 18.2 Å². The van der Waals surface area contributed by atoms with Gasteiger partial charge in [0.15, 0.2) is 0 Å². The fraction of sp³-hybridized carbons (Fsp3) is 0.150. The lowest BCUT2D eigenvalue weighted by atomic mass is 10.1. The smallest absolute Gasteiger partial charge is 0.313 e. The number of hydrogen-bond acceptors (Lipinski definition) is 5. The van der Waals surface area contributed by atoms with Crippen molar-refractivity contribution in [3.05, 3.63) is 66.1 Å². The largest absolute Gasteiger partial charge is 0.508 e. The topological polar surface area (TPSA) is 112 Å². The van der Waals surface area contributed by atoms with E-state index in [-0.39, 0.29) is 30.0 Å². The molecule has 0 aliphatic carbocycles. The van der Waals surface area contributed by atoms with Gasteiger partial charge >= 0.3 is 11.8 Å². The molecule has 0 saturated heterocycles. The quantitative estimate of drug-likeness (QED) is 0.502. The number of carbonyl (C=O) groups excluding carboxylic acids is 2. The molecule has 8 heteroatoms. The molecule has 7 nitrogen and oxygen atoms in total. The van der Waals surface area contributed by atoms with E-state index in [0.717, 1.165) is 5.56 Å². The van der Waals surface area contributed by atoms with Crippen molar-refractivity contribution >= 4 is 28.4 Å². The van der Waals surface area contributed by atoms with Gasteiger partial charge in [0.05, 0.1) is 24.5 Å². The van der Waals surface area contributed by atoms with Crippen LogP contribution < -0.4 is 10.6 Å². The molecule has 2 aromatic carbocycles. The van der Waals surface area contributed by atoms with Gasteiger partial charge in [0.1, 0.15) is 17.1 Å². The first-order chi connectivity index (χ1) is 13.5. The van der Waals surface area contributed by atoms with Crippen molar-refractivity contribution in [1.82, 2.24) is 10.3 Å². The van der Waals surface area contributed by atoms with Crippen molar-refractivity contribution in [3.8, 4) is 5.75 Å². The molecule has 0 spiro atoms. The van der Waals surface area contributed by atoms with E-state index in [1.807, 2.05) is 0 Å². The Morgan fingerprint density at radius 1 is 1.11 bits per heavy atom. The number of aromatic nitrogens is 1. The van der Waals surface area contributed by atoms with Crippen molar-refractivity contribution in [3.63, 3.8) is 0 Å². The van der Waals surface area contributed by atoms with Crippen LogP contribution in [0.3, 0.4) is 0 Å². The zero-order chi connectivity index (χ0) is 20.1. The molecule has 3 rings (SSSR count). The summed E-state index contributed by atoms with van der Waals surface area (Å²) in [4.78, 5) is 28.2. The summed E-state index contributed by atoms with van der Waals surface area (Å²) in [5.41, 5.74) is 1.19. The second kappa shape index (κ2) is 8.45. The van der Waals surface area contributed by atoms with E-state index < -0.39 is 23.7 Å². The zero-order valence-corrected chi connectivity index (χ0v) is 14.7. The van der Waals surface area contributed by atoms with Gasteiger partial charge in [-0.3, -0.25) is 14.6 Å². The van der Waals surface area contributed by atoms with E-state index in [9.17, 15) is 24.2 Å². The monoisotopic (exact) mass is 383 g/mol. The third-order valence-electron chi connectivity index (χ3n) is 4.10. The van der Waals surface area contributed by atoms with Crippen molar-refractivity contribution in [2.75, 3.05) is 11.9 Å². The van der Waals surface area contributed by atoms with Crippen LogP contribution in [-0.4, -0.2) is 39.7 Å².